The van der Waals surface area contributed by atoms with E-state index in [1.54, 1.807) is 0 Å². The zero-order valence-corrected chi connectivity index (χ0v) is 19.9. The summed E-state index contributed by atoms with van der Waals surface area (Å²) in [5.41, 5.74) is 5.33. The highest BCUT2D eigenvalue weighted by molar-refractivity contribution is 5.94. The minimum atomic E-state index is -0.0475. The van der Waals surface area contributed by atoms with E-state index in [9.17, 15) is 4.79 Å². The SMILES string of the molecule is Cc1nc(C2CCCN2C(=O)c2n[nH]c3c2CCC3)nc2c1CCCN2CC1CCCCC1. The number of carbonyl (C=O) groups is 1. The summed E-state index contributed by atoms with van der Waals surface area (Å²) in [4.78, 5) is 28.2. The van der Waals surface area contributed by atoms with E-state index >= 15 is 0 Å². The predicted octanol–water partition coefficient (Wildman–Crippen LogP) is 4.31. The number of aromatic nitrogens is 4. The van der Waals surface area contributed by atoms with Crippen molar-refractivity contribution >= 4 is 11.7 Å². The molecule has 2 aromatic heterocycles. The monoisotopic (exact) mass is 448 g/mol. The Labute approximate surface area is 196 Å². The van der Waals surface area contributed by atoms with Crippen LogP contribution in [-0.2, 0) is 19.3 Å². The van der Waals surface area contributed by atoms with Crippen LogP contribution < -0.4 is 4.90 Å². The number of hydrogen-bond acceptors (Lipinski definition) is 5. The van der Waals surface area contributed by atoms with Gasteiger partial charge in [-0.2, -0.15) is 5.10 Å². The largest absolute Gasteiger partial charge is 0.356 e. The molecule has 1 unspecified atom stereocenters. The van der Waals surface area contributed by atoms with Gasteiger partial charge in [0.1, 0.15) is 5.82 Å². The lowest BCUT2D eigenvalue weighted by molar-refractivity contribution is 0.0722. The molecule has 33 heavy (non-hydrogen) atoms. The second kappa shape index (κ2) is 8.73. The normalized spacial score (nSPS) is 23.1. The molecule has 6 rings (SSSR count). The van der Waals surface area contributed by atoms with E-state index in [1.165, 1.54) is 44.1 Å². The van der Waals surface area contributed by atoms with Crippen LogP contribution in [0.3, 0.4) is 0 Å². The maximum Gasteiger partial charge on any atom is 0.275 e. The zero-order valence-electron chi connectivity index (χ0n) is 19.9. The number of nitrogens with one attached hydrogen (secondary N) is 1. The third-order valence-corrected chi connectivity index (χ3v) is 8.39. The predicted molar refractivity (Wildman–Crippen MR) is 128 cm³/mol. The van der Waals surface area contributed by atoms with Gasteiger partial charge >= 0.3 is 0 Å². The van der Waals surface area contributed by atoms with Crippen molar-refractivity contribution in [2.24, 2.45) is 5.92 Å². The number of aromatic amines is 1. The van der Waals surface area contributed by atoms with Crippen molar-refractivity contribution in [2.75, 3.05) is 24.5 Å². The minimum absolute atomic E-state index is 0.0475. The van der Waals surface area contributed by atoms with Crippen LogP contribution in [0.5, 0.6) is 0 Å². The summed E-state index contributed by atoms with van der Waals surface area (Å²) in [5, 5.41) is 7.51. The van der Waals surface area contributed by atoms with Gasteiger partial charge in [0.15, 0.2) is 11.5 Å². The lowest BCUT2D eigenvalue weighted by atomic mass is 9.88. The van der Waals surface area contributed by atoms with Crippen LogP contribution in [0.1, 0.15) is 103 Å². The Hall–Kier alpha value is -2.44. The van der Waals surface area contributed by atoms with Gasteiger partial charge in [0.25, 0.3) is 5.91 Å². The van der Waals surface area contributed by atoms with Crippen molar-refractivity contribution < 1.29 is 4.79 Å². The zero-order chi connectivity index (χ0) is 22.4. The van der Waals surface area contributed by atoms with Crippen molar-refractivity contribution in [3.63, 3.8) is 0 Å². The molecule has 2 aliphatic heterocycles. The molecule has 1 saturated carbocycles. The fourth-order valence-electron chi connectivity index (χ4n) is 6.63. The van der Waals surface area contributed by atoms with Gasteiger partial charge < -0.3 is 9.80 Å². The molecule has 1 amide bonds. The molecule has 176 valence electrons. The van der Waals surface area contributed by atoms with Crippen LogP contribution in [0, 0.1) is 12.8 Å². The summed E-state index contributed by atoms with van der Waals surface area (Å²) in [7, 11) is 0. The Morgan fingerprint density at radius 2 is 1.79 bits per heavy atom. The third kappa shape index (κ3) is 3.83. The van der Waals surface area contributed by atoms with Crippen LogP contribution >= 0.6 is 0 Å². The van der Waals surface area contributed by atoms with Gasteiger partial charge in [0, 0.05) is 42.1 Å². The van der Waals surface area contributed by atoms with E-state index in [1.807, 2.05) is 4.90 Å². The number of carbonyl (C=O) groups excluding carboxylic acids is 1. The molecule has 1 atom stereocenters. The van der Waals surface area contributed by atoms with Crippen LogP contribution in [-0.4, -0.2) is 50.6 Å². The number of H-pyrrole nitrogens is 1. The first-order valence-corrected chi connectivity index (χ1v) is 13.2. The van der Waals surface area contributed by atoms with Crippen LogP contribution in [0.4, 0.5) is 5.82 Å². The van der Waals surface area contributed by atoms with E-state index in [0.29, 0.717) is 5.69 Å². The number of nitrogens with zero attached hydrogens (tertiary/aromatic N) is 5. The van der Waals surface area contributed by atoms with Gasteiger partial charge in [-0.05, 0) is 70.6 Å². The second-order valence-corrected chi connectivity index (χ2v) is 10.6. The highest BCUT2D eigenvalue weighted by Crippen LogP contribution is 2.37. The smallest absolute Gasteiger partial charge is 0.275 e. The fraction of sp³-hybridized carbons (Fsp3) is 0.692. The van der Waals surface area contributed by atoms with E-state index in [2.05, 4.69) is 22.0 Å². The Morgan fingerprint density at radius 3 is 2.67 bits per heavy atom. The average molecular weight is 449 g/mol. The molecular formula is C26H36N6O. The molecule has 0 spiro atoms. The third-order valence-electron chi connectivity index (χ3n) is 8.39. The fourth-order valence-corrected chi connectivity index (χ4v) is 6.63. The molecule has 2 aliphatic carbocycles. The first-order chi connectivity index (χ1) is 16.2. The van der Waals surface area contributed by atoms with Crippen molar-refractivity contribution in [3.05, 3.63) is 34.0 Å². The molecule has 2 fully saturated rings. The van der Waals surface area contributed by atoms with Gasteiger partial charge in [0.2, 0.25) is 0 Å². The molecule has 7 heteroatoms. The Balaban J connectivity index is 1.28. The number of aryl methyl sites for hydroxylation is 2. The highest BCUT2D eigenvalue weighted by atomic mass is 16.2. The second-order valence-electron chi connectivity index (χ2n) is 10.6. The van der Waals surface area contributed by atoms with Crippen LogP contribution in [0.15, 0.2) is 0 Å². The van der Waals surface area contributed by atoms with Crippen molar-refractivity contribution in [1.29, 1.82) is 0 Å². The lowest BCUT2D eigenvalue weighted by Crippen LogP contribution is -2.37. The number of amides is 1. The van der Waals surface area contributed by atoms with E-state index in [0.717, 1.165) is 92.7 Å². The topological polar surface area (TPSA) is 78.0 Å². The van der Waals surface area contributed by atoms with Crippen LogP contribution in [0.2, 0.25) is 0 Å². The molecule has 2 aromatic rings. The van der Waals surface area contributed by atoms with Crippen LogP contribution in [0.25, 0.3) is 0 Å². The average Bonchev–Trinajstić information content (AvgIpc) is 3.57. The maximum atomic E-state index is 13.5. The quantitative estimate of drug-likeness (QED) is 0.754. The molecule has 4 heterocycles. The number of rotatable bonds is 4. The van der Waals surface area contributed by atoms with Gasteiger partial charge in [0.05, 0.1) is 6.04 Å². The van der Waals surface area contributed by atoms with Crippen molar-refractivity contribution in [2.45, 2.75) is 90.0 Å². The minimum Gasteiger partial charge on any atom is -0.356 e. The number of fused-ring (bicyclic) bond motifs is 2. The highest BCUT2D eigenvalue weighted by Gasteiger charge is 2.37. The molecule has 0 aromatic carbocycles. The Kier molecular flexibility index (Phi) is 5.59. The molecule has 0 radical (unpaired) electrons. The molecule has 0 bridgehead atoms. The Bertz CT molecular complexity index is 1040. The van der Waals surface area contributed by atoms with Gasteiger partial charge in [-0.1, -0.05) is 19.3 Å². The first kappa shape index (κ1) is 21.1. The molecule has 1 saturated heterocycles. The summed E-state index contributed by atoms with van der Waals surface area (Å²) in [5.74, 6) is 2.82. The van der Waals surface area contributed by atoms with Crippen molar-refractivity contribution in [1.82, 2.24) is 25.1 Å². The number of likely N-dealkylation sites (tertiary alicyclic amines) is 1. The summed E-state index contributed by atoms with van der Waals surface area (Å²) < 4.78 is 0. The molecule has 4 aliphatic rings. The summed E-state index contributed by atoms with van der Waals surface area (Å²) >= 11 is 0. The van der Waals surface area contributed by atoms with Gasteiger partial charge in [-0.3, -0.25) is 9.89 Å². The van der Waals surface area contributed by atoms with E-state index < -0.39 is 0 Å². The summed E-state index contributed by atoms with van der Waals surface area (Å²) in [6.07, 6.45) is 14.1. The number of hydrogen-bond donors (Lipinski definition) is 1. The van der Waals surface area contributed by atoms with Gasteiger partial charge in [-0.25, -0.2) is 9.97 Å². The maximum absolute atomic E-state index is 13.5. The summed E-state index contributed by atoms with van der Waals surface area (Å²) in [6.45, 7) is 5.11. The van der Waals surface area contributed by atoms with Crippen molar-refractivity contribution in [3.8, 4) is 0 Å². The molecular weight excluding hydrogens is 412 g/mol. The Morgan fingerprint density at radius 1 is 0.939 bits per heavy atom. The standard InChI is InChI=1S/C26H36N6O/c1-17-19-11-6-14-31(16-18-8-3-2-4-9-18)25(19)28-24(27-17)22-13-7-15-32(22)26(33)23-20-10-5-12-21(20)29-30-23/h18,22H,2-16H2,1H3,(H,29,30). The first-order valence-electron chi connectivity index (χ1n) is 13.2. The molecule has 7 nitrogen and oxygen atoms in total. The lowest BCUT2D eigenvalue weighted by Gasteiger charge is -2.35. The summed E-state index contributed by atoms with van der Waals surface area (Å²) in [6, 6.07) is -0.0475. The number of anilines is 1. The molecule has 1 N–H and O–H groups in total. The van der Waals surface area contributed by atoms with E-state index in [4.69, 9.17) is 9.97 Å². The van der Waals surface area contributed by atoms with E-state index in [-0.39, 0.29) is 11.9 Å². The van der Waals surface area contributed by atoms with Gasteiger partial charge in [-0.15, -0.1) is 0 Å².